The standard InChI is InChI=1S/C11H11F2NO2/c12-11(13)16-9-3-1-2-8(6-9)14-10(15)7-4-5-7/h1-3,6-7,11H,4-5H2,(H,14,15). The molecule has 86 valence electrons. The maximum absolute atomic E-state index is 11.9. The molecule has 1 fully saturated rings. The van der Waals surface area contributed by atoms with Crippen molar-refractivity contribution in [1.29, 1.82) is 0 Å². The average molecular weight is 227 g/mol. The SMILES string of the molecule is O=C(Nc1cccc(OC(F)F)c1)C1CC1. The fourth-order valence-electron chi connectivity index (χ4n) is 1.34. The number of alkyl halides is 2. The van der Waals surface area contributed by atoms with Crippen molar-refractivity contribution in [3.8, 4) is 5.75 Å². The summed E-state index contributed by atoms with van der Waals surface area (Å²) in [5.41, 5.74) is 0.482. The molecule has 0 atom stereocenters. The maximum Gasteiger partial charge on any atom is 0.387 e. The van der Waals surface area contributed by atoms with E-state index in [0.29, 0.717) is 5.69 Å². The molecule has 0 spiro atoms. The van der Waals surface area contributed by atoms with Crippen molar-refractivity contribution in [3.63, 3.8) is 0 Å². The normalized spacial score (nSPS) is 14.9. The third-order valence-electron chi connectivity index (χ3n) is 2.27. The second-order valence-corrected chi connectivity index (χ2v) is 3.67. The Bertz CT molecular complexity index is 391. The van der Waals surface area contributed by atoms with Gasteiger partial charge in [-0.15, -0.1) is 0 Å². The number of hydrogen-bond acceptors (Lipinski definition) is 2. The largest absolute Gasteiger partial charge is 0.435 e. The minimum atomic E-state index is -2.85. The lowest BCUT2D eigenvalue weighted by atomic mass is 10.3. The Kier molecular flexibility index (Phi) is 3.03. The van der Waals surface area contributed by atoms with Crippen molar-refractivity contribution in [2.24, 2.45) is 5.92 Å². The minimum Gasteiger partial charge on any atom is -0.435 e. The zero-order valence-electron chi connectivity index (χ0n) is 8.45. The molecule has 2 rings (SSSR count). The average Bonchev–Trinajstić information content (AvgIpc) is 2.99. The van der Waals surface area contributed by atoms with Crippen LogP contribution in [0.1, 0.15) is 12.8 Å². The highest BCUT2D eigenvalue weighted by Gasteiger charge is 2.29. The second-order valence-electron chi connectivity index (χ2n) is 3.67. The summed E-state index contributed by atoms with van der Waals surface area (Å²) in [4.78, 5) is 11.4. The summed E-state index contributed by atoms with van der Waals surface area (Å²) in [7, 11) is 0. The van der Waals surface area contributed by atoms with Gasteiger partial charge in [-0.05, 0) is 25.0 Å². The van der Waals surface area contributed by atoms with Gasteiger partial charge in [-0.3, -0.25) is 4.79 Å². The van der Waals surface area contributed by atoms with Crippen molar-refractivity contribution in [3.05, 3.63) is 24.3 Å². The predicted octanol–water partition coefficient (Wildman–Crippen LogP) is 2.64. The third kappa shape index (κ3) is 2.92. The highest BCUT2D eigenvalue weighted by atomic mass is 19.3. The number of benzene rings is 1. The van der Waals surface area contributed by atoms with Gasteiger partial charge in [-0.2, -0.15) is 8.78 Å². The van der Waals surface area contributed by atoms with E-state index in [1.54, 1.807) is 12.1 Å². The molecule has 0 aliphatic heterocycles. The van der Waals surface area contributed by atoms with Crippen LogP contribution < -0.4 is 10.1 Å². The summed E-state index contributed by atoms with van der Waals surface area (Å²) in [6, 6.07) is 5.99. The molecule has 1 N–H and O–H groups in total. The number of rotatable bonds is 4. The Morgan fingerprint density at radius 2 is 2.19 bits per heavy atom. The number of carbonyl (C=O) groups excluding carboxylic acids is 1. The molecule has 1 aromatic rings. The highest BCUT2D eigenvalue weighted by molar-refractivity contribution is 5.94. The minimum absolute atomic E-state index is 0.0450. The maximum atomic E-state index is 11.9. The number of hydrogen-bond donors (Lipinski definition) is 1. The smallest absolute Gasteiger partial charge is 0.387 e. The molecular weight excluding hydrogens is 216 g/mol. The van der Waals surface area contributed by atoms with Gasteiger partial charge < -0.3 is 10.1 Å². The first-order valence-corrected chi connectivity index (χ1v) is 5.01. The van der Waals surface area contributed by atoms with E-state index in [2.05, 4.69) is 10.1 Å². The molecule has 5 heteroatoms. The summed E-state index contributed by atoms with van der Waals surface area (Å²) in [5.74, 6) is 0.0671. The summed E-state index contributed by atoms with van der Waals surface area (Å²) in [5, 5.41) is 2.65. The van der Waals surface area contributed by atoms with Gasteiger partial charge in [0.2, 0.25) is 5.91 Å². The quantitative estimate of drug-likeness (QED) is 0.858. The van der Waals surface area contributed by atoms with Crippen LogP contribution in [-0.4, -0.2) is 12.5 Å². The second kappa shape index (κ2) is 4.47. The molecule has 1 saturated carbocycles. The summed E-state index contributed by atoms with van der Waals surface area (Å²) >= 11 is 0. The number of carbonyl (C=O) groups is 1. The molecule has 0 bridgehead atoms. The lowest BCUT2D eigenvalue weighted by molar-refractivity contribution is -0.117. The lowest BCUT2D eigenvalue weighted by Gasteiger charge is -2.07. The fraction of sp³-hybridized carbons (Fsp3) is 0.364. The van der Waals surface area contributed by atoms with Gasteiger partial charge in [-0.25, -0.2) is 0 Å². The van der Waals surface area contributed by atoms with Gasteiger partial charge in [-0.1, -0.05) is 6.07 Å². The van der Waals surface area contributed by atoms with Crippen LogP contribution in [0.5, 0.6) is 5.75 Å². The molecule has 3 nitrogen and oxygen atoms in total. The van der Waals surface area contributed by atoms with Crippen molar-refractivity contribution >= 4 is 11.6 Å². The lowest BCUT2D eigenvalue weighted by Crippen LogP contribution is -2.13. The molecule has 0 radical (unpaired) electrons. The van der Waals surface area contributed by atoms with Gasteiger partial charge in [0.15, 0.2) is 0 Å². The fourth-order valence-corrected chi connectivity index (χ4v) is 1.34. The van der Waals surface area contributed by atoms with E-state index in [9.17, 15) is 13.6 Å². The Balaban J connectivity index is 2.00. The van der Waals surface area contributed by atoms with E-state index >= 15 is 0 Å². The molecule has 1 aliphatic rings. The van der Waals surface area contributed by atoms with Crippen LogP contribution in [0.25, 0.3) is 0 Å². The van der Waals surface area contributed by atoms with Crippen molar-refractivity contribution in [2.75, 3.05) is 5.32 Å². The molecule has 1 aliphatic carbocycles. The summed E-state index contributed by atoms with van der Waals surface area (Å²) in [6.45, 7) is -2.85. The van der Waals surface area contributed by atoms with Gasteiger partial charge in [0.25, 0.3) is 0 Å². The Hall–Kier alpha value is -1.65. The number of nitrogens with one attached hydrogen (secondary N) is 1. The van der Waals surface area contributed by atoms with Crippen LogP contribution in [-0.2, 0) is 4.79 Å². The molecule has 0 saturated heterocycles. The van der Waals surface area contributed by atoms with E-state index in [4.69, 9.17) is 0 Å². The third-order valence-corrected chi connectivity index (χ3v) is 2.27. The monoisotopic (exact) mass is 227 g/mol. The number of anilines is 1. The van der Waals surface area contributed by atoms with Crippen LogP contribution in [0.2, 0.25) is 0 Å². The van der Waals surface area contributed by atoms with Crippen LogP contribution in [0.15, 0.2) is 24.3 Å². The van der Waals surface area contributed by atoms with Gasteiger partial charge in [0, 0.05) is 17.7 Å². The van der Waals surface area contributed by atoms with Gasteiger partial charge in [0.1, 0.15) is 5.75 Å². The van der Waals surface area contributed by atoms with Crippen molar-refractivity contribution in [1.82, 2.24) is 0 Å². The molecular formula is C11H11F2NO2. The molecule has 0 heterocycles. The van der Waals surface area contributed by atoms with E-state index in [1.807, 2.05) is 0 Å². The first kappa shape index (κ1) is 10.9. The Morgan fingerprint density at radius 3 is 2.81 bits per heavy atom. The van der Waals surface area contributed by atoms with Gasteiger partial charge >= 0.3 is 6.61 Å². The first-order chi connectivity index (χ1) is 7.65. The molecule has 0 aromatic heterocycles. The molecule has 1 aromatic carbocycles. The molecule has 16 heavy (non-hydrogen) atoms. The van der Waals surface area contributed by atoms with Crippen molar-refractivity contribution < 1.29 is 18.3 Å². The van der Waals surface area contributed by atoms with Crippen LogP contribution in [0, 0.1) is 5.92 Å². The number of ether oxygens (including phenoxy) is 1. The zero-order chi connectivity index (χ0) is 11.5. The zero-order valence-corrected chi connectivity index (χ0v) is 8.45. The van der Waals surface area contributed by atoms with Crippen LogP contribution in [0.4, 0.5) is 14.5 Å². The van der Waals surface area contributed by atoms with Crippen LogP contribution >= 0.6 is 0 Å². The molecule has 1 amide bonds. The number of amides is 1. The van der Waals surface area contributed by atoms with E-state index in [1.165, 1.54) is 12.1 Å². The molecule has 0 unspecified atom stereocenters. The Morgan fingerprint density at radius 1 is 1.44 bits per heavy atom. The first-order valence-electron chi connectivity index (χ1n) is 5.01. The van der Waals surface area contributed by atoms with Crippen molar-refractivity contribution in [2.45, 2.75) is 19.5 Å². The Labute approximate surface area is 91.4 Å². The van der Waals surface area contributed by atoms with E-state index in [0.717, 1.165) is 12.8 Å². The topological polar surface area (TPSA) is 38.3 Å². The van der Waals surface area contributed by atoms with E-state index < -0.39 is 6.61 Å². The van der Waals surface area contributed by atoms with Crippen LogP contribution in [0.3, 0.4) is 0 Å². The summed E-state index contributed by atoms with van der Waals surface area (Å²) < 4.78 is 28.1. The summed E-state index contributed by atoms with van der Waals surface area (Å²) in [6.07, 6.45) is 1.80. The van der Waals surface area contributed by atoms with Gasteiger partial charge in [0.05, 0.1) is 0 Å². The highest BCUT2D eigenvalue weighted by Crippen LogP contribution is 2.30. The predicted molar refractivity (Wildman–Crippen MR) is 54.4 cm³/mol. The van der Waals surface area contributed by atoms with E-state index in [-0.39, 0.29) is 17.6 Å². The number of halogens is 2.